The quantitative estimate of drug-likeness (QED) is 0.252. The van der Waals surface area contributed by atoms with E-state index in [0.29, 0.717) is 24.7 Å². The maximum Gasteiger partial charge on any atom is 0.395 e. The molecule has 0 radical (unpaired) electrons. The fourth-order valence-corrected chi connectivity index (χ4v) is 3.49. The first-order valence-corrected chi connectivity index (χ1v) is 10.3. The number of benzene rings is 2. The number of ether oxygens (including phenoxy) is 2. The Morgan fingerprint density at radius 1 is 1.23 bits per heavy atom. The van der Waals surface area contributed by atoms with Crippen molar-refractivity contribution in [2.45, 2.75) is 13.5 Å². The molecule has 2 N–H and O–H groups in total. The number of aromatic hydroxyl groups is 1. The summed E-state index contributed by atoms with van der Waals surface area (Å²) in [5.74, 6) is 0.203. The van der Waals surface area contributed by atoms with Gasteiger partial charge in [0.25, 0.3) is 5.88 Å². The predicted molar refractivity (Wildman–Crippen MR) is 123 cm³/mol. The van der Waals surface area contributed by atoms with Crippen LogP contribution in [-0.2, 0) is 6.61 Å². The van der Waals surface area contributed by atoms with E-state index in [4.69, 9.17) is 9.47 Å². The second-order valence-electron chi connectivity index (χ2n) is 6.25. The number of hydrogen-bond donors (Lipinski definition) is 2. The minimum Gasteiger partial charge on any atom is -0.490 e. The summed E-state index contributed by atoms with van der Waals surface area (Å²) in [5.41, 5.74) is -0.283. The zero-order valence-corrected chi connectivity index (χ0v) is 18.5. The molecule has 2 aromatic carbocycles. The lowest BCUT2D eigenvalue weighted by molar-refractivity contribution is -0.387. The Labute approximate surface area is 190 Å². The Bertz CT molecular complexity index is 1180. The highest BCUT2D eigenvalue weighted by atomic mass is 127. The maximum atomic E-state index is 11.8. The van der Waals surface area contributed by atoms with E-state index in [9.17, 15) is 20.0 Å². The van der Waals surface area contributed by atoms with Crippen molar-refractivity contribution in [3.8, 4) is 17.4 Å². The number of rotatable bonds is 8. The van der Waals surface area contributed by atoms with Crippen molar-refractivity contribution in [1.82, 2.24) is 9.97 Å². The van der Waals surface area contributed by atoms with Gasteiger partial charge in [0.1, 0.15) is 12.4 Å². The first-order valence-electron chi connectivity index (χ1n) is 9.18. The summed E-state index contributed by atoms with van der Waals surface area (Å²) >= 11 is 2.14. The molecule has 1 heterocycles. The Kier molecular flexibility index (Phi) is 7.23. The van der Waals surface area contributed by atoms with Crippen molar-refractivity contribution >= 4 is 40.4 Å². The molecule has 9 nitrogen and oxygen atoms in total. The number of aromatic amines is 1. The SMILES string of the molecule is CCOc1cc(C=Cc2nc(O)c([N+](=O)[O-])c(=O)[nH]2)cc(I)c1OCc1ccccc1. The molecule has 1 aromatic heterocycles. The number of nitrogens with one attached hydrogen (secondary N) is 1. The van der Waals surface area contributed by atoms with Gasteiger partial charge in [-0.05, 0) is 58.9 Å². The van der Waals surface area contributed by atoms with E-state index in [1.807, 2.05) is 43.3 Å². The van der Waals surface area contributed by atoms with Gasteiger partial charge in [-0.25, -0.2) is 0 Å². The van der Waals surface area contributed by atoms with E-state index < -0.39 is 22.0 Å². The Morgan fingerprint density at radius 2 is 1.97 bits per heavy atom. The monoisotopic (exact) mass is 535 g/mol. The first kappa shape index (κ1) is 22.3. The van der Waals surface area contributed by atoms with Crippen molar-refractivity contribution in [3.05, 3.63) is 83.5 Å². The molecule has 0 aliphatic carbocycles. The number of aromatic nitrogens is 2. The Balaban J connectivity index is 1.87. The molecule has 0 aliphatic heterocycles. The van der Waals surface area contributed by atoms with E-state index in [1.165, 1.54) is 6.08 Å². The van der Waals surface area contributed by atoms with Crippen LogP contribution in [0, 0.1) is 13.7 Å². The van der Waals surface area contributed by atoms with Crippen LogP contribution in [0.4, 0.5) is 5.69 Å². The third-order valence-electron chi connectivity index (χ3n) is 4.07. The number of nitrogens with zero attached hydrogens (tertiary/aromatic N) is 2. The predicted octanol–water partition coefficient (Wildman–Crippen LogP) is 4.14. The fourth-order valence-electron chi connectivity index (χ4n) is 2.71. The molecular formula is C21H18IN3O6. The molecule has 3 aromatic rings. The smallest absolute Gasteiger partial charge is 0.395 e. The Hall–Kier alpha value is -3.41. The molecule has 0 saturated heterocycles. The zero-order valence-electron chi connectivity index (χ0n) is 16.4. The molecule has 0 spiro atoms. The molecule has 0 fully saturated rings. The zero-order chi connectivity index (χ0) is 22.4. The topological polar surface area (TPSA) is 128 Å². The molecule has 0 amide bonds. The summed E-state index contributed by atoms with van der Waals surface area (Å²) < 4.78 is 12.5. The van der Waals surface area contributed by atoms with Gasteiger partial charge in [0.2, 0.25) is 0 Å². The van der Waals surface area contributed by atoms with Crippen molar-refractivity contribution in [2.24, 2.45) is 0 Å². The van der Waals surface area contributed by atoms with Gasteiger partial charge < -0.3 is 19.6 Å². The Morgan fingerprint density at radius 3 is 2.61 bits per heavy atom. The highest BCUT2D eigenvalue weighted by molar-refractivity contribution is 14.1. The largest absolute Gasteiger partial charge is 0.490 e. The van der Waals surface area contributed by atoms with Gasteiger partial charge in [0, 0.05) is 0 Å². The van der Waals surface area contributed by atoms with E-state index >= 15 is 0 Å². The summed E-state index contributed by atoms with van der Waals surface area (Å²) in [4.78, 5) is 27.5. The molecule has 3 rings (SSSR count). The van der Waals surface area contributed by atoms with Crippen LogP contribution in [0.1, 0.15) is 23.9 Å². The summed E-state index contributed by atoms with van der Waals surface area (Å²) in [6, 6.07) is 13.4. The summed E-state index contributed by atoms with van der Waals surface area (Å²) in [5, 5.41) is 20.4. The third-order valence-corrected chi connectivity index (χ3v) is 4.87. The molecule has 0 bridgehead atoms. The van der Waals surface area contributed by atoms with Gasteiger partial charge in [-0.1, -0.05) is 36.4 Å². The maximum absolute atomic E-state index is 11.8. The van der Waals surface area contributed by atoms with Gasteiger partial charge in [-0.3, -0.25) is 14.9 Å². The lowest BCUT2D eigenvalue weighted by atomic mass is 10.2. The number of hydrogen-bond acceptors (Lipinski definition) is 7. The van der Waals surface area contributed by atoms with Crippen molar-refractivity contribution in [2.75, 3.05) is 6.61 Å². The molecule has 0 saturated carbocycles. The van der Waals surface area contributed by atoms with Crippen molar-refractivity contribution in [3.63, 3.8) is 0 Å². The van der Waals surface area contributed by atoms with Gasteiger partial charge in [-0.2, -0.15) is 4.98 Å². The molecule has 160 valence electrons. The van der Waals surface area contributed by atoms with Crippen LogP contribution in [0.25, 0.3) is 12.2 Å². The van der Waals surface area contributed by atoms with E-state index in [2.05, 4.69) is 32.6 Å². The lowest BCUT2D eigenvalue weighted by Crippen LogP contribution is -2.14. The molecule has 0 unspecified atom stereocenters. The number of halogens is 1. The van der Waals surface area contributed by atoms with Crippen molar-refractivity contribution in [1.29, 1.82) is 0 Å². The summed E-state index contributed by atoms with van der Waals surface area (Å²) in [6.45, 7) is 2.69. The van der Waals surface area contributed by atoms with Crippen LogP contribution < -0.4 is 15.0 Å². The minimum atomic E-state index is -1.04. The molecule has 31 heavy (non-hydrogen) atoms. The van der Waals surface area contributed by atoms with Gasteiger partial charge in [0.05, 0.1) is 15.1 Å². The van der Waals surface area contributed by atoms with Gasteiger partial charge in [0.15, 0.2) is 11.5 Å². The normalized spacial score (nSPS) is 10.9. The summed E-state index contributed by atoms with van der Waals surface area (Å²) in [6.07, 6.45) is 3.06. The van der Waals surface area contributed by atoms with Crippen LogP contribution in [0.5, 0.6) is 17.4 Å². The lowest BCUT2D eigenvalue weighted by Gasteiger charge is -2.15. The third kappa shape index (κ3) is 5.60. The average molecular weight is 535 g/mol. The second-order valence-corrected chi connectivity index (χ2v) is 7.41. The van der Waals surface area contributed by atoms with Crippen LogP contribution in [0.2, 0.25) is 0 Å². The first-order chi connectivity index (χ1) is 14.9. The molecule has 0 aliphatic rings. The van der Waals surface area contributed by atoms with E-state index in [1.54, 1.807) is 12.1 Å². The van der Waals surface area contributed by atoms with Crippen LogP contribution in [-0.4, -0.2) is 26.6 Å². The van der Waals surface area contributed by atoms with Gasteiger partial charge >= 0.3 is 11.2 Å². The molecule has 10 heteroatoms. The fraction of sp³-hybridized carbons (Fsp3) is 0.143. The second kappa shape index (κ2) is 10.1. The van der Waals surface area contributed by atoms with Crippen LogP contribution in [0.15, 0.2) is 47.3 Å². The van der Waals surface area contributed by atoms with Crippen molar-refractivity contribution < 1.29 is 19.5 Å². The minimum absolute atomic E-state index is 0.0227. The number of nitro groups is 1. The van der Waals surface area contributed by atoms with Gasteiger partial charge in [-0.15, -0.1) is 0 Å². The van der Waals surface area contributed by atoms with Crippen LogP contribution in [0.3, 0.4) is 0 Å². The molecular weight excluding hydrogens is 517 g/mol. The summed E-state index contributed by atoms with van der Waals surface area (Å²) in [7, 11) is 0. The highest BCUT2D eigenvalue weighted by Gasteiger charge is 2.21. The van der Waals surface area contributed by atoms with E-state index in [-0.39, 0.29) is 5.82 Å². The van der Waals surface area contributed by atoms with E-state index in [0.717, 1.165) is 14.7 Å². The average Bonchev–Trinajstić information content (AvgIpc) is 2.72. The number of H-pyrrole nitrogens is 1. The highest BCUT2D eigenvalue weighted by Crippen LogP contribution is 2.35. The van der Waals surface area contributed by atoms with Crippen LogP contribution >= 0.6 is 22.6 Å². The molecule has 0 atom stereocenters. The standard InChI is InChI=1S/C21H18IN3O6/c1-2-30-16-11-14(8-9-17-23-20(26)18(25(28)29)21(27)24-17)10-15(22)19(16)31-12-13-6-4-3-5-7-13/h3-11H,2,12H2,1H3,(H2,23,24,26,27).